The molecular formula is C28H30N4OS. The van der Waals surface area contributed by atoms with Crippen LogP contribution in [-0.2, 0) is 11.0 Å². The van der Waals surface area contributed by atoms with Gasteiger partial charge in [-0.15, -0.1) is 0 Å². The zero-order chi connectivity index (χ0) is 24.3. The molecule has 0 saturated heterocycles. The average molecular weight is 471 g/mol. The molecule has 6 heteroatoms. The minimum Gasteiger partial charge on any atom is -0.337 e. The molecule has 5 nitrogen and oxygen atoms in total. The molecule has 0 spiro atoms. The van der Waals surface area contributed by atoms with Gasteiger partial charge in [-0.1, -0.05) is 98.8 Å². The Kier molecular flexibility index (Phi) is 9.12. The minimum atomic E-state index is -1.36. The van der Waals surface area contributed by atoms with Crippen LogP contribution in [-0.4, -0.2) is 19.9 Å². The highest BCUT2D eigenvalue weighted by Gasteiger charge is 2.12. The zero-order valence-corrected chi connectivity index (χ0v) is 20.6. The van der Waals surface area contributed by atoms with Gasteiger partial charge in [-0.05, 0) is 30.5 Å². The fraction of sp³-hybridized carbons (Fsp3) is 0.143. The predicted octanol–water partition coefficient (Wildman–Crippen LogP) is 7.32. The number of rotatable bonds is 8. The van der Waals surface area contributed by atoms with Gasteiger partial charge in [0.05, 0.1) is 16.8 Å². The lowest BCUT2D eigenvalue weighted by molar-refractivity contribution is 0.688. The average Bonchev–Trinajstić information content (AvgIpc) is 2.86. The molecule has 1 unspecified atom stereocenters. The van der Waals surface area contributed by atoms with Crippen LogP contribution >= 0.6 is 0 Å². The first-order valence-corrected chi connectivity index (χ1v) is 12.6. The standard InChI is InChI=1S/C26H24N4OS.C2H6/c1-3-10-19(2)11-9-18-32(31)30-26-25(28-23-15-6-7-16-24(23)29-26)27-22-17-8-13-20-12-4-5-14-21(20)22;1-2/h3-17H,1,18H2,2H3,(H,27,28)(H,29,30);1-2H3/b11-9-,19-10-;. The number of allylic oxidation sites excluding steroid dienone is 4. The predicted molar refractivity (Wildman–Crippen MR) is 148 cm³/mol. The second kappa shape index (κ2) is 12.5. The third-order valence-corrected chi connectivity index (χ3v) is 5.75. The highest BCUT2D eigenvalue weighted by molar-refractivity contribution is 7.86. The molecule has 0 aliphatic carbocycles. The minimum absolute atomic E-state index is 0.338. The Morgan fingerprint density at radius 2 is 1.59 bits per heavy atom. The Hall–Kier alpha value is -3.77. The van der Waals surface area contributed by atoms with E-state index in [4.69, 9.17) is 4.98 Å². The normalized spacial score (nSPS) is 12.3. The van der Waals surface area contributed by atoms with Crippen molar-refractivity contribution in [2.24, 2.45) is 0 Å². The van der Waals surface area contributed by atoms with Gasteiger partial charge in [0.15, 0.2) is 11.6 Å². The van der Waals surface area contributed by atoms with Gasteiger partial charge < -0.3 is 5.32 Å². The molecule has 0 aliphatic rings. The largest absolute Gasteiger partial charge is 0.337 e. The molecule has 0 radical (unpaired) electrons. The zero-order valence-electron chi connectivity index (χ0n) is 19.8. The van der Waals surface area contributed by atoms with E-state index >= 15 is 0 Å². The lowest BCUT2D eigenvalue weighted by Gasteiger charge is -2.14. The van der Waals surface area contributed by atoms with Gasteiger partial charge in [0.2, 0.25) is 0 Å². The Balaban J connectivity index is 0.00000158. The number of nitrogens with one attached hydrogen (secondary N) is 2. The number of para-hydroxylation sites is 2. The van der Waals surface area contributed by atoms with Crippen LogP contribution < -0.4 is 10.0 Å². The first-order chi connectivity index (χ1) is 16.6. The monoisotopic (exact) mass is 470 g/mol. The van der Waals surface area contributed by atoms with Crippen molar-refractivity contribution in [2.75, 3.05) is 15.8 Å². The second-order valence-corrected chi connectivity index (χ2v) is 8.45. The molecule has 1 heterocycles. The third-order valence-electron chi connectivity index (χ3n) is 4.83. The number of fused-ring (bicyclic) bond motifs is 2. The molecular weight excluding hydrogens is 440 g/mol. The van der Waals surface area contributed by atoms with E-state index in [0.717, 1.165) is 33.1 Å². The van der Waals surface area contributed by atoms with Crippen molar-refractivity contribution in [1.82, 2.24) is 9.97 Å². The van der Waals surface area contributed by atoms with Gasteiger partial charge in [0.25, 0.3) is 0 Å². The molecule has 174 valence electrons. The summed E-state index contributed by atoms with van der Waals surface area (Å²) in [6.45, 7) is 9.65. The smallest absolute Gasteiger partial charge is 0.182 e. The van der Waals surface area contributed by atoms with Crippen molar-refractivity contribution in [1.29, 1.82) is 0 Å². The summed E-state index contributed by atoms with van der Waals surface area (Å²) in [6.07, 6.45) is 7.41. The number of anilines is 3. The van der Waals surface area contributed by atoms with E-state index < -0.39 is 11.0 Å². The maximum absolute atomic E-state index is 12.7. The topological polar surface area (TPSA) is 66.9 Å². The van der Waals surface area contributed by atoms with Gasteiger partial charge in [-0.25, -0.2) is 14.2 Å². The fourth-order valence-electron chi connectivity index (χ4n) is 3.33. The molecule has 3 aromatic carbocycles. The molecule has 1 aromatic heterocycles. The molecule has 0 fully saturated rings. The van der Waals surface area contributed by atoms with Crippen LogP contribution in [0.5, 0.6) is 0 Å². The molecule has 2 N–H and O–H groups in total. The molecule has 34 heavy (non-hydrogen) atoms. The fourth-order valence-corrected chi connectivity index (χ4v) is 4.04. The van der Waals surface area contributed by atoms with Crippen LogP contribution in [0.3, 0.4) is 0 Å². The van der Waals surface area contributed by atoms with Crippen LogP contribution in [0.25, 0.3) is 21.8 Å². The van der Waals surface area contributed by atoms with E-state index in [0.29, 0.717) is 17.4 Å². The van der Waals surface area contributed by atoms with E-state index in [-0.39, 0.29) is 0 Å². The Morgan fingerprint density at radius 3 is 2.32 bits per heavy atom. The van der Waals surface area contributed by atoms with Gasteiger partial charge in [0.1, 0.15) is 11.0 Å². The van der Waals surface area contributed by atoms with Gasteiger partial charge in [0, 0.05) is 11.1 Å². The molecule has 0 saturated carbocycles. The molecule has 1 atom stereocenters. The summed E-state index contributed by atoms with van der Waals surface area (Å²) in [6, 6.07) is 21.8. The first-order valence-electron chi connectivity index (χ1n) is 11.3. The number of aromatic nitrogens is 2. The summed E-state index contributed by atoms with van der Waals surface area (Å²) in [5.41, 5.74) is 3.44. The summed E-state index contributed by atoms with van der Waals surface area (Å²) >= 11 is 0. The van der Waals surface area contributed by atoms with E-state index in [9.17, 15) is 4.21 Å². The molecule has 0 aliphatic heterocycles. The van der Waals surface area contributed by atoms with Gasteiger partial charge in [-0.2, -0.15) is 0 Å². The van der Waals surface area contributed by atoms with Crippen molar-refractivity contribution in [2.45, 2.75) is 20.8 Å². The third kappa shape index (κ3) is 6.39. The van der Waals surface area contributed by atoms with Crippen molar-refractivity contribution in [3.8, 4) is 0 Å². The first kappa shape index (κ1) is 24.9. The highest BCUT2D eigenvalue weighted by atomic mass is 32.2. The maximum atomic E-state index is 12.7. The molecule has 4 rings (SSSR count). The Morgan fingerprint density at radius 1 is 0.941 bits per heavy atom. The van der Waals surface area contributed by atoms with E-state index in [1.807, 2.05) is 87.5 Å². The van der Waals surface area contributed by atoms with Crippen LogP contribution in [0.15, 0.2) is 103 Å². The summed E-state index contributed by atoms with van der Waals surface area (Å²) in [7, 11) is -1.36. The summed E-state index contributed by atoms with van der Waals surface area (Å²) in [5.74, 6) is 1.31. The number of benzene rings is 3. The van der Waals surface area contributed by atoms with Crippen molar-refractivity contribution >= 4 is 50.1 Å². The maximum Gasteiger partial charge on any atom is 0.182 e. The van der Waals surface area contributed by atoms with Gasteiger partial charge >= 0.3 is 0 Å². The van der Waals surface area contributed by atoms with Crippen LogP contribution in [0.4, 0.5) is 17.3 Å². The highest BCUT2D eigenvalue weighted by Crippen LogP contribution is 2.29. The SMILES string of the molecule is C=C/C=C(C)\C=C/CS(=O)Nc1nc2ccccc2nc1Nc1cccc2ccccc12.CC. The van der Waals surface area contributed by atoms with Crippen molar-refractivity contribution in [3.05, 3.63) is 103 Å². The van der Waals surface area contributed by atoms with Gasteiger partial charge in [-0.3, -0.25) is 4.72 Å². The van der Waals surface area contributed by atoms with E-state index in [2.05, 4.69) is 39.8 Å². The van der Waals surface area contributed by atoms with Crippen LogP contribution in [0, 0.1) is 0 Å². The van der Waals surface area contributed by atoms with Crippen LogP contribution in [0.2, 0.25) is 0 Å². The second-order valence-electron chi connectivity index (χ2n) is 7.22. The number of hydrogen-bond acceptors (Lipinski definition) is 4. The summed E-state index contributed by atoms with van der Waals surface area (Å²) in [4.78, 5) is 9.44. The number of nitrogens with zero attached hydrogens (tertiary/aromatic N) is 2. The van der Waals surface area contributed by atoms with E-state index in [1.165, 1.54) is 0 Å². The lowest BCUT2D eigenvalue weighted by atomic mass is 10.1. The molecule has 0 amide bonds. The number of hydrogen-bond donors (Lipinski definition) is 2. The van der Waals surface area contributed by atoms with Crippen molar-refractivity contribution < 1.29 is 4.21 Å². The lowest BCUT2D eigenvalue weighted by Crippen LogP contribution is -2.11. The molecule has 0 bridgehead atoms. The quantitative estimate of drug-likeness (QED) is 0.265. The van der Waals surface area contributed by atoms with Crippen LogP contribution in [0.1, 0.15) is 20.8 Å². The summed E-state index contributed by atoms with van der Waals surface area (Å²) in [5, 5.41) is 5.59. The van der Waals surface area contributed by atoms with E-state index in [1.54, 1.807) is 6.08 Å². The summed E-state index contributed by atoms with van der Waals surface area (Å²) < 4.78 is 15.7. The molecule has 4 aromatic rings. The Bertz CT molecular complexity index is 1360. The van der Waals surface area contributed by atoms with Crippen molar-refractivity contribution in [3.63, 3.8) is 0 Å². The Labute approximate surface area is 203 Å².